The van der Waals surface area contributed by atoms with Gasteiger partial charge in [-0.25, -0.2) is 4.98 Å². The van der Waals surface area contributed by atoms with E-state index >= 15 is 0 Å². The molecule has 0 radical (unpaired) electrons. The summed E-state index contributed by atoms with van der Waals surface area (Å²) < 4.78 is 6.26. The molecule has 7 nitrogen and oxygen atoms in total. The fraction of sp³-hybridized carbons (Fsp3) is 0.600. The summed E-state index contributed by atoms with van der Waals surface area (Å²) in [6, 6.07) is 0. The van der Waals surface area contributed by atoms with Gasteiger partial charge in [-0.3, -0.25) is 19.0 Å². The lowest BCUT2D eigenvalue weighted by Crippen LogP contribution is -2.31. The van der Waals surface area contributed by atoms with Crippen molar-refractivity contribution in [2.75, 3.05) is 19.4 Å². The summed E-state index contributed by atoms with van der Waals surface area (Å²) in [7, 11) is 1.28. The molecule has 0 aromatic carbocycles. The molecule has 2 aromatic rings. The topological polar surface area (TPSA) is 90.3 Å². The average molecular weight is 438 g/mol. The number of thiophene rings is 1. The molecular weight excluding hydrogens is 410 g/mol. The fourth-order valence-corrected chi connectivity index (χ4v) is 5.64. The second kappa shape index (κ2) is 10.2. The molecule has 0 atom stereocenters. The fourth-order valence-electron chi connectivity index (χ4n) is 3.49. The minimum Gasteiger partial charge on any atom is -0.468 e. The molecule has 2 heterocycles. The van der Waals surface area contributed by atoms with Crippen molar-refractivity contribution in [3.8, 4) is 0 Å². The molecule has 0 spiro atoms. The molecule has 1 amide bonds. The Labute approximate surface area is 178 Å². The Balaban J connectivity index is 1.81. The first-order valence-electron chi connectivity index (χ1n) is 10.1. The van der Waals surface area contributed by atoms with E-state index in [1.807, 2.05) is 0 Å². The molecule has 3 rings (SSSR count). The number of methoxy groups -OCH3 is 1. The molecule has 0 bridgehead atoms. The van der Waals surface area contributed by atoms with Crippen LogP contribution in [0.25, 0.3) is 10.2 Å². The summed E-state index contributed by atoms with van der Waals surface area (Å²) in [6.45, 7) is 2.60. The molecule has 0 unspecified atom stereocenters. The van der Waals surface area contributed by atoms with E-state index in [9.17, 15) is 14.4 Å². The summed E-state index contributed by atoms with van der Waals surface area (Å²) in [5.41, 5.74) is 1.19. The predicted octanol–water partition coefficient (Wildman–Crippen LogP) is 2.91. The Morgan fingerprint density at radius 3 is 2.86 bits per heavy atom. The first-order valence-corrected chi connectivity index (χ1v) is 11.9. The van der Waals surface area contributed by atoms with E-state index in [4.69, 9.17) is 4.98 Å². The lowest BCUT2D eigenvalue weighted by atomic mass is 10.2. The number of hydrogen-bond acceptors (Lipinski definition) is 7. The van der Waals surface area contributed by atoms with Gasteiger partial charge in [-0.05, 0) is 31.2 Å². The number of rotatable bonds is 10. The Bertz CT molecular complexity index is 951. The van der Waals surface area contributed by atoms with Crippen LogP contribution in [0.2, 0.25) is 0 Å². The van der Waals surface area contributed by atoms with Gasteiger partial charge in [0.1, 0.15) is 11.4 Å². The maximum atomic E-state index is 13.3. The number of carbonyl (C=O) groups excluding carboxylic acids is 2. The van der Waals surface area contributed by atoms with Crippen LogP contribution in [0.3, 0.4) is 0 Å². The Morgan fingerprint density at radius 2 is 2.10 bits per heavy atom. The number of nitrogens with one attached hydrogen (secondary N) is 1. The molecule has 0 saturated carbocycles. The summed E-state index contributed by atoms with van der Waals surface area (Å²) in [5.74, 6) is -0.695. The number of aromatic nitrogens is 2. The minimum atomic E-state index is -0.496. The normalized spacial score (nSPS) is 12.9. The first-order chi connectivity index (χ1) is 14.0. The van der Waals surface area contributed by atoms with Gasteiger partial charge in [0.05, 0.1) is 18.2 Å². The van der Waals surface area contributed by atoms with Crippen LogP contribution in [0.5, 0.6) is 0 Å². The quantitative estimate of drug-likeness (QED) is 0.266. The molecule has 0 aliphatic heterocycles. The van der Waals surface area contributed by atoms with Crippen molar-refractivity contribution in [2.45, 2.75) is 63.6 Å². The molecule has 1 aliphatic carbocycles. The summed E-state index contributed by atoms with van der Waals surface area (Å²) in [6.07, 6.45) is 7.31. The van der Waals surface area contributed by atoms with Crippen LogP contribution in [0.1, 0.15) is 49.5 Å². The van der Waals surface area contributed by atoms with Gasteiger partial charge in [0.2, 0.25) is 5.91 Å². The SMILES string of the molecule is CCCCCCn1c(SCC(=O)NCC(=O)OC)nc2sc3c(c2c1=O)CCC3. The minimum absolute atomic E-state index is 0.0170. The van der Waals surface area contributed by atoms with Crippen molar-refractivity contribution in [3.63, 3.8) is 0 Å². The van der Waals surface area contributed by atoms with Crippen LogP contribution in [0, 0.1) is 0 Å². The van der Waals surface area contributed by atoms with Crippen molar-refractivity contribution in [1.82, 2.24) is 14.9 Å². The van der Waals surface area contributed by atoms with Gasteiger partial charge >= 0.3 is 5.97 Å². The molecule has 1 aliphatic rings. The van der Waals surface area contributed by atoms with Crippen LogP contribution in [0.4, 0.5) is 0 Å². The highest BCUT2D eigenvalue weighted by Crippen LogP contribution is 2.35. The van der Waals surface area contributed by atoms with Gasteiger partial charge in [0.15, 0.2) is 5.16 Å². The van der Waals surface area contributed by atoms with Crippen LogP contribution in [0.15, 0.2) is 9.95 Å². The number of esters is 1. The molecule has 2 aromatic heterocycles. The molecule has 1 N–H and O–H groups in total. The lowest BCUT2D eigenvalue weighted by Gasteiger charge is -2.12. The van der Waals surface area contributed by atoms with Gasteiger partial charge in [0.25, 0.3) is 5.56 Å². The van der Waals surface area contributed by atoms with Crippen molar-refractivity contribution in [1.29, 1.82) is 0 Å². The van der Waals surface area contributed by atoms with Crippen LogP contribution >= 0.6 is 23.1 Å². The number of hydrogen-bond donors (Lipinski definition) is 1. The monoisotopic (exact) mass is 437 g/mol. The molecule has 158 valence electrons. The number of ether oxygens (including phenoxy) is 1. The van der Waals surface area contributed by atoms with E-state index in [2.05, 4.69) is 17.0 Å². The number of fused-ring (bicyclic) bond motifs is 3. The molecule has 0 fully saturated rings. The van der Waals surface area contributed by atoms with Gasteiger partial charge in [-0.15, -0.1) is 11.3 Å². The van der Waals surface area contributed by atoms with Crippen molar-refractivity contribution in [3.05, 3.63) is 20.8 Å². The highest BCUT2D eigenvalue weighted by atomic mass is 32.2. The second-order valence-electron chi connectivity index (χ2n) is 7.09. The van der Waals surface area contributed by atoms with Gasteiger partial charge in [-0.1, -0.05) is 37.9 Å². The molecular formula is C20H27N3O4S2. The number of nitrogens with zero attached hydrogens (tertiary/aromatic N) is 2. The van der Waals surface area contributed by atoms with Crippen LogP contribution < -0.4 is 10.9 Å². The maximum Gasteiger partial charge on any atom is 0.325 e. The molecule has 9 heteroatoms. The van der Waals surface area contributed by atoms with E-state index in [0.29, 0.717) is 11.7 Å². The van der Waals surface area contributed by atoms with Gasteiger partial charge in [-0.2, -0.15) is 0 Å². The number of thioether (sulfide) groups is 1. The number of amides is 1. The number of carbonyl (C=O) groups is 2. The van der Waals surface area contributed by atoms with E-state index in [0.717, 1.165) is 55.2 Å². The zero-order valence-electron chi connectivity index (χ0n) is 16.9. The average Bonchev–Trinajstić information content (AvgIpc) is 3.30. The maximum absolute atomic E-state index is 13.3. The van der Waals surface area contributed by atoms with E-state index in [-0.39, 0.29) is 23.8 Å². The summed E-state index contributed by atoms with van der Waals surface area (Å²) in [5, 5.41) is 3.87. The zero-order chi connectivity index (χ0) is 20.8. The van der Waals surface area contributed by atoms with Crippen LogP contribution in [-0.4, -0.2) is 40.8 Å². The van der Waals surface area contributed by atoms with Crippen molar-refractivity contribution < 1.29 is 14.3 Å². The van der Waals surface area contributed by atoms with Gasteiger partial charge < -0.3 is 10.1 Å². The number of unbranched alkanes of at least 4 members (excludes halogenated alkanes) is 3. The third-order valence-corrected chi connectivity index (χ3v) is 7.18. The summed E-state index contributed by atoms with van der Waals surface area (Å²) >= 11 is 2.85. The van der Waals surface area contributed by atoms with E-state index < -0.39 is 5.97 Å². The zero-order valence-corrected chi connectivity index (χ0v) is 18.5. The van der Waals surface area contributed by atoms with Crippen molar-refractivity contribution in [2.24, 2.45) is 0 Å². The molecule has 0 saturated heterocycles. The highest BCUT2D eigenvalue weighted by molar-refractivity contribution is 7.99. The van der Waals surface area contributed by atoms with Crippen molar-refractivity contribution >= 4 is 45.2 Å². The summed E-state index contributed by atoms with van der Waals surface area (Å²) in [4.78, 5) is 43.3. The largest absolute Gasteiger partial charge is 0.468 e. The Morgan fingerprint density at radius 1 is 1.28 bits per heavy atom. The third kappa shape index (κ3) is 5.19. The standard InChI is InChI=1S/C20H27N3O4S2/c1-3-4-5-6-10-23-19(26)17-13-8-7-9-14(13)29-18(17)22-20(23)28-12-15(24)21-11-16(25)27-2/h3-12H2,1-2H3,(H,21,24). The van der Waals surface area contributed by atoms with Gasteiger partial charge in [0, 0.05) is 11.4 Å². The van der Waals surface area contributed by atoms with Crippen LogP contribution in [-0.2, 0) is 33.7 Å². The molecule has 29 heavy (non-hydrogen) atoms. The lowest BCUT2D eigenvalue weighted by molar-refractivity contribution is -0.140. The van der Waals surface area contributed by atoms with E-state index in [1.54, 1.807) is 15.9 Å². The first kappa shape index (κ1) is 21.8. The Hall–Kier alpha value is -1.87. The van der Waals surface area contributed by atoms with E-state index in [1.165, 1.54) is 29.3 Å². The second-order valence-corrected chi connectivity index (χ2v) is 9.12. The number of aryl methyl sites for hydroxylation is 2. The highest BCUT2D eigenvalue weighted by Gasteiger charge is 2.23. The third-order valence-electron chi connectivity index (χ3n) is 5.02. The smallest absolute Gasteiger partial charge is 0.325 e. The predicted molar refractivity (Wildman–Crippen MR) is 116 cm³/mol. The Kier molecular flexibility index (Phi) is 7.71.